The summed E-state index contributed by atoms with van der Waals surface area (Å²) < 4.78 is 10.2. The van der Waals surface area contributed by atoms with Crippen molar-refractivity contribution in [1.82, 2.24) is 4.90 Å². The summed E-state index contributed by atoms with van der Waals surface area (Å²) in [6.45, 7) is 6.54. The molecule has 1 fully saturated rings. The minimum absolute atomic E-state index is 0.424. The van der Waals surface area contributed by atoms with E-state index in [0.29, 0.717) is 13.2 Å². The van der Waals surface area contributed by atoms with Gasteiger partial charge in [0.05, 0.1) is 25.4 Å². The summed E-state index contributed by atoms with van der Waals surface area (Å²) in [7, 11) is 1.67. The highest BCUT2D eigenvalue weighted by Crippen LogP contribution is 2.23. The highest BCUT2D eigenvalue weighted by Gasteiger charge is 2.38. The topological polar surface area (TPSA) is 41.9 Å². The lowest BCUT2D eigenvalue weighted by atomic mass is 9.91. The van der Waals surface area contributed by atoms with Crippen molar-refractivity contribution < 1.29 is 14.6 Å². The van der Waals surface area contributed by atoms with Gasteiger partial charge in [-0.15, -0.1) is 0 Å². The Morgan fingerprint density at radius 1 is 1.29 bits per heavy atom. The van der Waals surface area contributed by atoms with Crippen molar-refractivity contribution in [2.45, 2.75) is 18.9 Å². The van der Waals surface area contributed by atoms with Gasteiger partial charge in [0.2, 0.25) is 0 Å². The van der Waals surface area contributed by atoms with E-state index >= 15 is 0 Å². The van der Waals surface area contributed by atoms with E-state index in [9.17, 15) is 5.11 Å². The van der Waals surface area contributed by atoms with Crippen LogP contribution in [0.3, 0.4) is 0 Å². The number of methoxy groups -OCH3 is 1. The summed E-state index contributed by atoms with van der Waals surface area (Å²) in [5.41, 5.74) is -0.424. The number of β-amino-alcohol motifs (C(OH)–C–C–N with tert-alkyl or cyclic N) is 1. The average molecular weight is 203 g/mol. The van der Waals surface area contributed by atoms with E-state index in [-0.39, 0.29) is 0 Å². The first-order valence-corrected chi connectivity index (χ1v) is 5.21. The second-order valence-corrected chi connectivity index (χ2v) is 3.89. The zero-order valence-corrected chi connectivity index (χ0v) is 9.16. The fourth-order valence-corrected chi connectivity index (χ4v) is 1.61. The maximum Gasteiger partial charge on any atom is 0.0897 e. The van der Waals surface area contributed by atoms with E-state index in [1.165, 1.54) is 0 Å². The van der Waals surface area contributed by atoms with Crippen molar-refractivity contribution in [2.75, 3.05) is 46.6 Å². The number of hydrogen-bond acceptors (Lipinski definition) is 4. The van der Waals surface area contributed by atoms with Gasteiger partial charge in [-0.05, 0) is 6.42 Å². The first-order chi connectivity index (χ1) is 6.70. The van der Waals surface area contributed by atoms with Gasteiger partial charge in [0.1, 0.15) is 0 Å². The summed E-state index contributed by atoms with van der Waals surface area (Å²) in [5, 5.41) is 9.73. The molecule has 0 aromatic heterocycles. The van der Waals surface area contributed by atoms with Gasteiger partial charge in [-0.25, -0.2) is 0 Å². The SMILES string of the molecule is CCC1(O)CN(CCOCCOC)C1. The molecular weight excluding hydrogens is 182 g/mol. The largest absolute Gasteiger partial charge is 0.387 e. The van der Waals surface area contributed by atoms with Crippen LogP contribution in [-0.4, -0.2) is 62.2 Å². The van der Waals surface area contributed by atoms with Crippen LogP contribution in [0.1, 0.15) is 13.3 Å². The molecule has 84 valence electrons. The number of likely N-dealkylation sites (tertiary alicyclic amines) is 1. The third-order valence-electron chi connectivity index (χ3n) is 2.68. The van der Waals surface area contributed by atoms with E-state index in [2.05, 4.69) is 4.90 Å². The molecule has 0 spiro atoms. The molecule has 4 heteroatoms. The molecule has 0 atom stereocenters. The molecule has 1 aliphatic rings. The maximum atomic E-state index is 9.73. The van der Waals surface area contributed by atoms with Crippen molar-refractivity contribution in [3.63, 3.8) is 0 Å². The van der Waals surface area contributed by atoms with Crippen LogP contribution >= 0.6 is 0 Å². The van der Waals surface area contributed by atoms with Gasteiger partial charge in [0.15, 0.2) is 0 Å². The Hall–Kier alpha value is -0.160. The average Bonchev–Trinajstić information content (AvgIpc) is 2.14. The molecule has 1 aliphatic heterocycles. The summed E-state index contributed by atoms with van der Waals surface area (Å²) >= 11 is 0. The van der Waals surface area contributed by atoms with E-state index in [1.807, 2.05) is 6.92 Å². The lowest BCUT2D eigenvalue weighted by Crippen LogP contribution is -2.61. The lowest BCUT2D eigenvalue weighted by Gasteiger charge is -2.46. The van der Waals surface area contributed by atoms with Crippen molar-refractivity contribution in [3.05, 3.63) is 0 Å². The molecule has 1 rings (SSSR count). The van der Waals surface area contributed by atoms with Gasteiger partial charge in [-0.2, -0.15) is 0 Å². The van der Waals surface area contributed by atoms with Crippen LogP contribution in [0.5, 0.6) is 0 Å². The molecule has 1 saturated heterocycles. The molecule has 0 bridgehead atoms. The van der Waals surface area contributed by atoms with Crippen molar-refractivity contribution >= 4 is 0 Å². The molecule has 0 saturated carbocycles. The molecule has 0 aromatic carbocycles. The normalized spacial score (nSPS) is 20.8. The number of aliphatic hydroxyl groups is 1. The van der Waals surface area contributed by atoms with Crippen LogP contribution in [0, 0.1) is 0 Å². The number of ether oxygens (including phenoxy) is 2. The van der Waals surface area contributed by atoms with Crippen molar-refractivity contribution in [1.29, 1.82) is 0 Å². The van der Waals surface area contributed by atoms with Crippen molar-refractivity contribution in [2.24, 2.45) is 0 Å². The summed E-state index contributed by atoms with van der Waals surface area (Å²) in [5.74, 6) is 0. The smallest absolute Gasteiger partial charge is 0.0897 e. The van der Waals surface area contributed by atoms with Gasteiger partial charge < -0.3 is 14.6 Å². The molecule has 4 nitrogen and oxygen atoms in total. The third-order valence-corrected chi connectivity index (χ3v) is 2.68. The minimum atomic E-state index is -0.424. The van der Waals surface area contributed by atoms with E-state index in [0.717, 1.165) is 32.7 Å². The predicted molar refractivity (Wildman–Crippen MR) is 54.4 cm³/mol. The summed E-state index contributed by atoms with van der Waals surface area (Å²) in [6.07, 6.45) is 0.841. The predicted octanol–water partition coefficient (Wildman–Crippen LogP) is 0.106. The first kappa shape index (κ1) is 11.9. The molecule has 0 radical (unpaired) electrons. The second kappa shape index (κ2) is 5.66. The minimum Gasteiger partial charge on any atom is -0.387 e. The van der Waals surface area contributed by atoms with E-state index < -0.39 is 5.60 Å². The van der Waals surface area contributed by atoms with Gasteiger partial charge >= 0.3 is 0 Å². The zero-order valence-electron chi connectivity index (χ0n) is 9.16. The quantitative estimate of drug-likeness (QED) is 0.596. The molecule has 0 unspecified atom stereocenters. The third kappa shape index (κ3) is 3.53. The van der Waals surface area contributed by atoms with Crippen molar-refractivity contribution in [3.8, 4) is 0 Å². The fourth-order valence-electron chi connectivity index (χ4n) is 1.61. The zero-order chi connectivity index (χ0) is 10.4. The van der Waals surface area contributed by atoms with Gasteiger partial charge in [-0.3, -0.25) is 4.90 Å². The van der Waals surface area contributed by atoms with E-state index in [4.69, 9.17) is 9.47 Å². The highest BCUT2D eigenvalue weighted by atomic mass is 16.5. The lowest BCUT2D eigenvalue weighted by molar-refractivity contribution is -0.106. The van der Waals surface area contributed by atoms with Crippen LogP contribution in [0.15, 0.2) is 0 Å². The van der Waals surface area contributed by atoms with Crippen LogP contribution in [0.2, 0.25) is 0 Å². The molecule has 0 aliphatic carbocycles. The first-order valence-electron chi connectivity index (χ1n) is 5.21. The Morgan fingerprint density at radius 3 is 2.57 bits per heavy atom. The summed E-state index contributed by atoms with van der Waals surface area (Å²) in [6, 6.07) is 0. The Kier molecular flexibility index (Phi) is 4.81. The van der Waals surface area contributed by atoms with Crippen LogP contribution < -0.4 is 0 Å². The Bertz CT molecular complexity index is 157. The van der Waals surface area contributed by atoms with E-state index in [1.54, 1.807) is 7.11 Å². The van der Waals surface area contributed by atoms with Crippen LogP contribution in [0.25, 0.3) is 0 Å². The molecule has 1 N–H and O–H groups in total. The summed E-state index contributed by atoms with van der Waals surface area (Å²) in [4.78, 5) is 2.20. The monoisotopic (exact) mass is 203 g/mol. The molecule has 1 heterocycles. The molecule has 0 aromatic rings. The Balaban J connectivity index is 1.91. The Labute approximate surface area is 85.8 Å². The number of hydrogen-bond donors (Lipinski definition) is 1. The standard InChI is InChI=1S/C10H21NO3/c1-3-10(12)8-11(9-10)4-5-14-7-6-13-2/h12H,3-9H2,1-2H3. The maximum absolute atomic E-state index is 9.73. The molecular formula is C10H21NO3. The Morgan fingerprint density at radius 2 is 2.00 bits per heavy atom. The van der Waals surface area contributed by atoms with Crippen LogP contribution in [0.4, 0.5) is 0 Å². The van der Waals surface area contributed by atoms with Gasteiger partial charge in [-0.1, -0.05) is 6.92 Å². The number of nitrogens with zero attached hydrogens (tertiary/aromatic N) is 1. The van der Waals surface area contributed by atoms with Gasteiger partial charge in [0, 0.05) is 26.7 Å². The molecule has 0 amide bonds. The van der Waals surface area contributed by atoms with Gasteiger partial charge in [0.25, 0.3) is 0 Å². The molecule has 14 heavy (non-hydrogen) atoms. The van der Waals surface area contributed by atoms with Crippen LogP contribution in [-0.2, 0) is 9.47 Å². The fraction of sp³-hybridized carbons (Fsp3) is 1.00. The second-order valence-electron chi connectivity index (χ2n) is 3.89. The highest BCUT2D eigenvalue weighted by molar-refractivity contribution is 4.93. The number of rotatable bonds is 7.